The Hall–Kier alpha value is -3.35. The van der Waals surface area contributed by atoms with E-state index in [4.69, 9.17) is 0 Å². The SMILES string of the molecule is C=CCNC(=O)NC1CCN(c2ccccc2C(=O)NCc2cccnc2)CC1. The van der Waals surface area contributed by atoms with Crippen LogP contribution in [0, 0.1) is 0 Å². The number of hydrogen-bond acceptors (Lipinski definition) is 4. The Labute approximate surface area is 171 Å². The van der Waals surface area contributed by atoms with Gasteiger partial charge in [0, 0.05) is 50.3 Å². The molecule has 0 aliphatic carbocycles. The van der Waals surface area contributed by atoms with Crippen molar-refractivity contribution >= 4 is 17.6 Å². The normalized spacial score (nSPS) is 14.1. The highest BCUT2D eigenvalue weighted by atomic mass is 16.2. The summed E-state index contributed by atoms with van der Waals surface area (Å²) in [6.07, 6.45) is 6.76. The number of amides is 3. The number of hydrogen-bond donors (Lipinski definition) is 3. The van der Waals surface area contributed by atoms with Gasteiger partial charge in [0.25, 0.3) is 5.91 Å². The number of nitrogens with zero attached hydrogens (tertiary/aromatic N) is 2. The summed E-state index contributed by atoms with van der Waals surface area (Å²) in [5.74, 6) is -0.103. The Balaban J connectivity index is 1.57. The van der Waals surface area contributed by atoms with Crippen molar-refractivity contribution in [3.8, 4) is 0 Å². The maximum absolute atomic E-state index is 12.8. The van der Waals surface area contributed by atoms with Crippen molar-refractivity contribution in [1.29, 1.82) is 0 Å². The number of urea groups is 1. The van der Waals surface area contributed by atoms with E-state index in [2.05, 4.69) is 32.4 Å². The molecule has 7 heteroatoms. The molecule has 0 unspecified atom stereocenters. The van der Waals surface area contributed by atoms with Crippen LogP contribution in [0.1, 0.15) is 28.8 Å². The molecule has 1 aromatic carbocycles. The van der Waals surface area contributed by atoms with E-state index in [0.29, 0.717) is 18.7 Å². The molecule has 1 aromatic heterocycles. The van der Waals surface area contributed by atoms with Crippen molar-refractivity contribution in [1.82, 2.24) is 20.9 Å². The Morgan fingerprint density at radius 2 is 1.93 bits per heavy atom. The molecule has 7 nitrogen and oxygen atoms in total. The van der Waals surface area contributed by atoms with Crippen molar-refractivity contribution in [3.05, 3.63) is 72.6 Å². The zero-order valence-electron chi connectivity index (χ0n) is 16.4. The Morgan fingerprint density at radius 3 is 2.66 bits per heavy atom. The number of carbonyl (C=O) groups excluding carboxylic acids is 2. The molecule has 3 N–H and O–H groups in total. The monoisotopic (exact) mass is 393 g/mol. The van der Waals surface area contributed by atoms with Crippen LogP contribution in [0.25, 0.3) is 0 Å². The van der Waals surface area contributed by atoms with Gasteiger partial charge in [-0.3, -0.25) is 9.78 Å². The van der Waals surface area contributed by atoms with Crippen LogP contribution < -0.4 is 20.9 Å². The van der Waals surface area contributed by atoms with Gasteiger partial charge in [0.2, 0.25) is 0 Å². The van der Waals surface area contributed by atoms with Gasteiger partial charge in [0.15, 0.2) is 0 Å². The Morgan fingerprint density at radius 1 is 1.14 bits per heavy atom. The molecule has 2 heterocycles. The summed E-state index contributed by atoms with van der Waals surface area (Å²) in [5, 5.41) is 8.70. The van der Waals surface area contributed by atoms with E-state index < -0.39 is 0 Å². The molecule has 3 rings (SSSR count). The molecule has 1 aliphatic heterocycles. The van der Waals surface area contributed by atoms with Crippen molar-refractivity contribution in [2.24, 2.45) is 0 Å². The predicted octanol–water partition coefficient (Wildman–Crippen LogP) is 2.47. The van der Waals surface area contributed by atoms with Crippen LogP contribution in [0.15, 0.2) is 61.4 Å². The lowest BCUT2D eigenvalue weighted by Crippen LogP contribution is -2.48. The molecule has 1 aliphatic rings. The summed E-state index contributed by atoms with van der Waals surface area (Å²) < 4.78 is 0. The van der Waals surface area contributed by atoms with E-state index in [1.54, 1.807) is 18.5 Å². The van der Waals surface area contributed by atoms with Gasteiger partial charge in [-0.1, -0.05) is 24.3 Å². The largest absolute Gasteiger partial charge is 0.371 e. The number of pyridine rings is 1. The van der Waals surface area contributed by atoms with E-state index in [-0.39, 0.29) is 18.0 Å². The molecule has 0 saturated carbocycles. The summed E-state index contributed by atoms with van der Waals surface area (Å²) in [6.45, 7) is 6.03. The third-order valence-electron chi connectivity index (χ3n) is 4.90. The molecule has 1 saturated heterocycles. The lowest BCUT2D eigenvalue weighted by Gasteiger charge is -2.34. The fourth-order valence-corrected chi connectivity index (χ4v) is 3.39. The number of aromatic nitrogens is 1. The molecule has 1 fully saturated rings. The van der Waals surface area contributed by atoms with Crippen molar-refractivity contribution < 1.29 is 9.59 Å². The predicted molar refractivity (Wildman–Crippen MR) is 114 cm³/mol. The maximum Gasteiger partial charge on any atom is 0.315 e. The van der Waals surface area contributed by atoms with Gasteiger partial charge >= 0.3 is 6.03 Å². The lowest BCUT2D eigenvalue weighted by molar-refractivity contribution is 0.0951. The number of rotatable bonds is 7. The minimum Gasteiger partial charge on any atom is -0.371 e. The second-order valence-corrected chi connectivity index (χ2v) is 6.97. The fourth-order valence-electron chi connectivity index (χ4n) is 3.39. The zero-order valence-corrected chi connectivity index (χ0v) is 16.4. The van der Waals surface area contributed by atoms with E-state index >= 15 is 0 Å². The molecule has 3 amide bonds. The molecule has 152 valence electrons. The Kier molecular flexibility index (Phi) is 7.22. The maximum atomic E-state index is 12.8. The van der Waals surface area contributed by atoms with Crippen LogP contribution in [0.3, 0.4) is 0 Å². The van der Waals surface area contributed by atoms with Gasteiger partial charge in [-0.25, -0.2) is 4.79 Å². The molecule has 0 spiro atoms. The standard InChI is InChI=1S/C22H27N5O2/c1-2-11-24-22(29)26-18-9-13-27(14-10-18)20-8-4-3-7-19(20)21(28)25-16-17-6-5-12-23-15-17/h2-8,12,15,18H,1,9-11,13-14,16H2,(H,25,28)(H2,24,26,29). The van der Waals surface area contributed by atoms with Gasteiger partial charge in [-0.05, 0) is 36.6 Å². The third kappa shape index (κ3) is 5.81. The summed E-state index contributed by atoms with van der Waals surface area (Å²) in [6, 6.07) is 11.4. The van der Waals surface area contributed by atoms with Crippen LogP contribution in [0.4, 0.5) is 10.5 Å². The van der Waals surface area contributed by atoms with Crippen LogP contribution >= 0.6 is 0 Å². The summed E-state index contributed by atoms with van der Waals surface area (Å²) in [7, 11) is 0. The van der Waals surface area contributed by atoms with Crippen molar-refractivity contribution in [2.45, 2.75) is 25.4 Å². The average Bonchev–Trinajstić information content (AvgIpc) is 2.77. The second-order valence-electron chi connectivity index (χ2n) is 6.97. The Bertz CT molecular complexity index is 832. The molecular weight excluding hydrogens is 366 g/mol. The van der Waals surface area contributed by atoms with Gasteiger partial charge in [-0.2, -0.15) is 0 Å². The second kappa shape index (κ2) is 10.3. The number of benzene rings is 1. The van der Waals surface area contributed by atoms with Crippen LogP contribution in [-0.2, 0) is 6.54 Å². The molecule has 0 radical (unpaired) electrons. The van der Waals surface area contributed by atoms with Crippen LogP contribution in [0.2, 0.25) is 0 Å². The molecule has 29 heavy (non-hydrogen) atoms. The summed E-state index contributed by atoms with van der Waals surface area (Å²) in [5.41, 5.74) is 2.54. The highest BCUT2D eigenvalue weighted by Gasteiger charge is 2.23. The first-order chi connectivity index (χ1) is 14.2. The van der Waals surface area contributed by atoms with E-state index in [1.165, 1.54) is 0 Å². The van der Waals surface area contributed by atoms with Crippen molar-refractivity contribution in [2.75, 3.05) is 24.5 Å². The molecule has 0 bridgehead atoms. The van der Waals surface area contributed by atoms with Gasteiger partial charge in [-0.15, -0.1) is 6.58 Å². The molecular formula is C22H27N5O2. The minimum atomic E-state index is -0.168. The summed E-state index contributed by atoms with van der Waals surface area (Å²) in [4.78, 5) is 30.9. The van der Waals surface area contributed by atoms with Gasteiger partial charge in [0.05, 0.1) is 5.56 Å². The van der Waals surface area contributed by atoms with E-state index in [0.717, 1.165) is 37.2 Å². The number of piperidine rings is 1. The average molecular weight is 393 g/mol. The smallest absolute Gasteiger partial charge is 0.315 e. The third-order valence-corrected chi connectivity index (χ3v) is 4.90. The molecule has 0 atom stereocenters. The first kappa shape index (κ1) is 20.4. The van der Waals surface area contributed by atoms with E-state index in [9.17, 15) is 9.59 Å². The number of anilines is 1. The first-order valence-electron chi connectivity index (χ1n) is 9.83. The highest BCUT2D eigenvalue weighted by Crippen LogP contribution is 2.24. The summed E-state index contributed by atoms with van der Waals surface area (Å²) >= 11 is 0. The van der Waals surface area contributed by atoms with Gasteiger partial charge < -0.3 is 20.9 Å². The quantitative estimate of drug-likeness (QED) is 0.631. The van der Waals surface area contributed by atoms with Crippen LogP contribution in [0.5, 0.6) is 0 Å². The number of carbonyl (C=O) groups is 2. The van der Waals surface area contributed by atoms with E-state index in [1.807, 2.05) is 36.4 Å². The molecule has 2 aromatic rings. The van der Waals surface area contributed by atoms with Crippen LogP contribution in [-0.4, -0.2) is 42.6 Å². The number of nitrogens with one attached hydrogen (secondary N) is 3. The fraction of sp³-hybridized carbons (Fsp3) is 0.318. The van der Waals surface area contributed by atoms with Crippen molar-refractivity contribution in [3.63, 3.8) is 0 Å². The van der Waals surface area contributed by atoms with Gasteiger partial charge in [0.1, 0.15) is 0 Å². The first-order valence-corrected chi connectivity index (χ1v) is 9.83. The minimum absolute atomic E-state index is 0.103. The zero-order chi connectivity index (χ0) is 20.5. The highest BCUT2D eigenvalue weighted by molar-refractivity contribution is 5.99. The topological polar surface area (TPSA) is 86.4 Å². The lowest BCUT2D eigenvalue weighted by atomic mass is 10.0. The number of para-hydroxylation sites is 1.